The van der Waals surface area contributed by atoms with Crippen molar-refractivity contribution >= 4 is 23.9 Å². The third kappa shape index (κ3) is 7.82. The van der Waals surface area contributed by atoms with Crippen LogP contribution in [-0.4, -0.2) is 79.8 Å². The number of aliphatic hydroxyl groups is 1. The van der Waals surface area contributed by atoms with Gasteiger partial charge in [-0.05, 0) is 70.4 Å². The molecule has 14 heteroatoms. The van der Waals surface area contributed by atoms with Crippen LogP contribution >= 0.6 is 0 Å². The molecule has 44 heavy (non-hydrogen) atoms. The van der Waals surface area contributed by atoms with Gasteiger partial charge in [-0.3, -0.25) is 15.5 Å². The van der Waals surface area contributed by atoms with Gasteiger partial charge in [0.05, 0.1) is 36.5 Å². The number of methoxy groups -OCH3 is 1. The van der Waals surface area contributed by atoms with E-state index in [0.717, 1.165) is 31.5 Å². The number of likely N-dealkylation sites (tertiary alicyclic amines) is 1. The number of hydrogen-bond acceptors (Lipinski definition) is 11. The Morgan fingerprint density at radius 3 is 2.66 bits per heavy atom. The second kappa shape index (κ2) is 14.7. The molecule has 236 valence electrons. The van der Waals surface area contributed by atoms with E-state index in [2.05, 4.69) is 26.1 Å². The summed E-state index contributed by atoms with van der Waals surface area (Å²) in [5, 5.41) is 31.5. The molecule has 2 aromatic carbocycles. The molecular formula is C30H38N6O8. The van der Waals surface area contributed by atoms with Gasteiger partial charge in [0.15, 0.2) is 17.7 Å². The fourth-order valence-electron chi connectivity index (χ4n) is 5.28. The van der Waals surface area contributed by atoms with Gasteiger partial charge in [0.25, 0.3) is 5.69 Å². The maximum absolute atomic E-state index is 12.4. The molecule has 0 aromatic heterocycles. The lowest BCUT2D eigenvalue weighted by Gasteiger charge is -2.28. The van der Waals surface area contributed by atoms with Crippen LogP contribution in [0.3, 0.4) is 0 Å². The second-order valence-corrected chi connectivity index (χ2v) is 10.6. The van der Waals surface area contributed by atoms with Gasteiger partial charge in [-0.2, -0.15) is 5.10 Å². The zero-order chi connectivity index (χ0) is 31.8. The number of nitrogens with zero attached hydrogens (tertiary/aromatic N) is 3. The summed E-state index contributed by atoms with van der Waals surface area (Å²) >= 11 is 0. The van der Waals surface area contributed by atoms with Crippen LogP contribution in [0.1, 0.15) is 55.3 Å². The average molecular weight is 611 g/mol. The summed E-state index contributed by atoms with van der Waals surface area (Å²) in [6.45, 7) is 5.31. The summed E-state index contributed by atoms with van der Waals surface area (Å²) in [6, 6.07) is 8.74. The van der Waals surface area contributed by atoms with E-state index < -0.39 is 24.3 Å². The van der Waals surface area contributed by atoms with E-state index in [1.165, 1.54) is 19.4 Å². The van der Waals surface area contributed by atoms with E-state index in [1.54, 1.807) is 44.2 Å². The largest absolute Gasteiger partial charge is 0.490 e. The third-order valence-electron chi connectivity index (χ3n) is 7.52. The van der Waals surface area contributed by atoms with Gasteiger partial charge in [-0.15, -0.1) is 0 Å². The highest BCUT2D eigenvalue weighted by molar-refractivity contribution is 5.95. The van der Waals surface area contributed by atoms with E-state index in [1.807, 2.05) is 7.05 Å². The maximum Gasteiger partial charge on any atom is 0.337 e. The van der Waals surface area contributed by atoms with Gasteiger partial charge >= 0.3 is 12.0 Å². The van der Waals surface area contributed by atoms with Gasteiger partial charge in [0, 0.05) is 22.9 Å². The number of carbonyl (C=O) groups excluding carboxylic acids is 2. The van der Waals surface area contributed by atoms with E-state index in [9.17, 15) is 24.8 Å². The second-order valence-electron chi connectivity index (χ2n) is 10.6. The number of carbonyl (C=O) groups is 2. The number of ether oxygens (including phenoxy) is 3. The lowest BCUT2D eigenvalue weighted by molar-refractivity contribution is -0.385. The van der Waals surface area contributed by atoms with Crippen LogP contribution in [0.4, 0.5) is 10.5 Å². The number of nitrogens with one attached hydrogen (secondary N) is 3. The number of rotatable bonds is 12. The standard InChI is InChI=1S/C30H38N6O8/c1-5-43-25-15-21(28-27(29(38)42-4)18(2)32-30(39)33-28)7-9-24(25)44-17-26(37)34-31-16-19-6-8-22(23(14-19)36(40)41)20-10-12-35(3)13-11-20/h6-9,14-16,20,26,28,34,37H,5,10-13,17H2,1-4H3,(H2,32,33,39)/b31-16-/t26-,28-/m0/s1. The van der Waals surface area contributed by atoms with E-state index in [0.29, 0.717) is 34.9 Å². The number of nitro groups is 1. The molecule has 0 bridgehead atoms. The van der Waals surface area contributed by atoms with Crippen molar-refractivity contribution in [1.82, 2.24) is 21.0 Å². The fraction of sp³-hybridized carbons (Fsp3) is 0.433. The maximum atomic E-state index is 12.4. The van der Waals surface area contributed by atoms with Crippen LogP contribution in [0.15, 0.2) is 52.8 Å². The molecule has 0 spiro atoms. The Kier molecular flexibility index (Phi) is 10.7. The highest BCUT2D eigenvalue weighted by atomic mass is 16.6. The molecule has 0 radical (unpaired) electrons. The van der Waals surface area contributed by atoms with Crippen molar-refractivity contribution in [3.05, 3.63) is 74.5 Å². The molecule has 2 amide bonds. The average Bonchev–Trinajstić information content (AvgIpc) is 3.00. The predicted molar refractivity (Wildman–Crippen MR) is 162 cm³/mol. The van der Waals surface area contributed by atoms with Crippen LogP contribution < -0.4 is 25.5 Å². The number of allylic oxidation sites excluding steroid dienone is 1. The molecule has 14 nitrogen and oxygen atoms in total. The highest BCUT2D eigenvalue weighted by Gasteiger charge is 2.32. The Balaban J connectivity index is 1.40. The van der Waals surface area contributed by atoms with Gasteiger partial charge in [-0.1, -0.05) is 18.2 Å². The zero-order valence-electron chi connectivity index (χ0n) is 25.2. The number of piperidine rings is 1. The molecule has 2 aliphatic rings. The topological polar surface area (TPSA) is 177 Å². The summed E-state index contributed by atoms with van der Waals surface area (Å²) in [5.74, 6) is 0.212. The van der Waals surface area contributed by atoms with Crippen molar-refractivity contribution in [3.8, 4) is 11.5 Å². The molecule has 1 fully saturated rings. The Morgan fingerprint density at radius 2 is 1.98 bits per heavy atom. The lowest BCUT2D eigenvalue weighted by Crippen LogP contribution is -2.45. The van der Waals surface area contributed by atoms with E-state index in [4.69, 9.17) is 14.2 Å². The van der Waals surface area contributed by atoms with Crippen molar-refractivity contribution in [1.29, 1.82) is 0 Å². The Bertz CT molecular complexity index is 1440. The van der Waals surface area contributed by atoms with Gasteiger partial charge in [-0.25, -0.2) is 9.59 Å². The third-order valence-corrected chi connectivity index (χ3v) is 7.52. The van der Waals surface area contributed by atoms with E-state index >= 15 is 0 Å². The van der Waals surface area contributed by atoms with Crippen molar-refractivity contribution < 1.29 is 33.8 Å². The Labute approximate surface area is 255 Å². The molecule has 4 N–H and O–H groups in total. The molecule has 0 unspecified atom stereocenters. The molecule has 4 rings (SSSR count). The number of aliphatic hydroxyl groups excluding tert-OH is 1. The molecule has 0 aliphatic carbocycles. The molecule has 1 saturated heterocycles. The first-order valence-corrected chi connectivity index (χ1v) is 14.3. The van der Waals surface area contributed by atoms with Crippen LogP contribution in [0.25, 0.3) is 0 Å². The van der Waals surface area contributed by atoms with Gasteiger partial charge < -0.3 is 34.9 Å². The summed E-state index contributed by atoms with van der Waals surface area (Å²) in [5.41, 5.74) is 5.06. The summed E-state index contributed by atoms with van der Waals surface area (Å²) in [4.78, 5) is 38.2. The monoisotopic (exact) mass is 610 g/mol. The molecule has 2 aromatic rings. The molecule has 2 aliphatic heterocycles. The minimum atomic E-state index is -1.21. The number of amides is 2. The van der Waals surface area contributed by atoms with Gasteiger partial charge in [0.1, 0.15) is 6.61 Å². The quantitative estimate of drug-likeness (QED) is 0.0919. The zero-order valence-corrected chi connectivity index (χ0v) is 25.2. The molecule has 0 saturated carbocycles. The SMILES string of the molecule is CCOc1cc([C@@H]2NC(=O)NC(C)=C2C(=O)OC)ccc1OC[C@H](O)N/N=C\c1ccc(C2CCN(C)CC2)c([N+](=O)[O-])c1. The first-order chi connectivity index (χ1) is 21.1. The smallest absolute Gasteiger partial charge is 0.337 e. The highest BCUT2D eigenvalue weighted by Crippen LogP contribution is 2.36. The first-order valence-electron chi connectivity index (χ1n) is 14.3. The van der Waals surface area contributed by atoms with Crippen LogP contribution in [0, 0.1) is 10.1 Å². The summed E-state index contributed by atoms with van der Waals surface area (Å²) in [7, 11) is 3.31. The first kappa shape index (κ1) is 32.2. The summed E-state index contributed by atoms with van der Waals surface area (Å²) in [6.07, 6.45) is 1.92. The Morgan fingerprint density at radius 1 is 1.23 bits per heavy atom. The number of urea groups is 1. The van der Waals surface area contributed by atoms with E-state index in [-0.39, 0.29) is 28.7 Å². The number of nitro benzene ring substituents is 1. The normalized spacial score (nSPS) is 18.4. The predicted octanol–water partition coefficient (Wildman–Crippen LogP) is 2.92. The van der Waals surface area contributed by atoms with Crippen molar-refractivity contribution in [3.63, 3.8) is 0 Å². The van der Waals surface area contributed by atoms with Crippen molar-refractivity contribution in [2.75, 3.05) is 40.5 Å². The van der Waals surface area contributed by atoms with Gasteiger partial charge in [0.2, 0.25) is 0 Å². The molecular weight excluding hydrogens is 572 g/mol. The molecule has 2 heterocycles. The van der Waals surface area contributed by atoms with Crippen LogP contribution in [0.2, 0.25) is 0 Å². The lowest BCUT2D eigenvalue weighted by atomic mass is 9.88. The number of benzene rings is 2. The number of hydrazone groups is 1. The number of esters is 1. The Hall–Kier alpha value is -4.69. The van der Waals surface area contributed by atoms with Crippen molar-refractivity contribution in [2.24, 2.45) is 5.10 Å². The van der Waals surface area contributed by atoms with Crippen LogP contribution in [0.5, 0.6) is 11.5 Å². The minimum absolute atomic E-state index is 0.0627. The molecule has 2 atom stereocenters. The van der Waals surface area contributed by atoms with Crippen LogP contribution in [-0.2, 0) is 9.53 Å². The fourth-order valence-corrected chi connectivity index (χ4v) is 5.28. The van der Waals surface area contributed by atoms with Crippen molar-refractivity contribution in [2.45, 2.75) is 44.9 Å². The minimum Gasteiger partial charge on any atom is -0.490 e. The number of hydrogen-bond donors (Lipinski definition) is 4. The summed E-state index contributed by atoms with van der Waals surface area (Å²) < 4.78 is 16.4.